The van der Waals surface area contributed by atoms with Gasteiger partial charge in [0.25, 0.3) is 23.6 Å². The van der Waals surface area contributed by atoms with Crippen LogP contribution in [0.3, 0.4) is 0 Å². The van der Waals surface area contributed by atoms with Crippen molar-refractivity contribution in [2.24, 2.45) is 5.16 Å². The lowest BCUT2D eigenvalue weighted by Crippen LogP contribution is -2.71. The first-order valence-corrected chi connectivity index (χ1v) is 18.3. The molecule has 53 heavy (non-hydrogen) atoms. The maximum Gasteiger partial charge on any atom is 0.352 e. The van der Waals surface area contributed by atoms with Gasteiger partial charge < -0.3 is 31.2 Å². The average molecular weight is 783 g/mol. The van der Waals surface area contributed by atoms with Crippen molar-refractivity contribution in [2.45, 2.75) is 42.8 Å². The van der Waals surface area contributed by atoms with Crippen LogP contribution in [0.25, 0.3) is 5.65 Å². The Balaban J connectivity index is 1.14. The number of β-lactam (4-membered cyclic amide) rings is 1. The van der Waals surface area contributed by atoms with Crippen molar-refractivity contribution < 1.29 is 44.1 Å². The summed E-state index contributed by atoms with van der Waals surface area (Å²) in [4.78, 5) is 80.0. The Morgan fingerprint density at radius 2 is 1.91 bits per heavy atom. The van der Waals surface area contributed by atoms with E-state index in [4.69, 9.17) is 10.6 Å². The molecule has 0 spiro atoms. The van der Waals surface area contributed by atoms with Crippen LogP contribution in [-0.4, -0.2) is 104 Å². The van der Waals surface area contributed by atoms with Crippen LogP contribution in [0, 0.1) is 6.92 Å². The number of nitrogens with one attached hydrogen (secondary N) is 3. The third-order valence-corrected chi connectivity index (χ3v) is 10.9. The number of benzene rings is 1. The van der Waals surface area contributed by atoms with Crippen LogP contribution in [0.4, 0.5) is 5.13 Å². The van der Waals surface area contributed by atoms with Gasteiger partial charge in [0.1, 0.15) is 27.8 Å². The predicted octanol–water partition coefficient (Wildman–Crippen LogP) is 0.979. The molecular weight excluding hydrogens is 753 g/mol. The van der Waals surface area contributed by atoms with Gasteiger partial charge in [0.2, 0.25) is 5.60 Å². The van der Waals surface area contributed by atoms with Crippen molar-refractivity contribution in [3.05, 3.63) is 70.1 Å². The molecule has 22 heteroatoms. The number of carbonyl (C=O) groups excluding carboxylic acids is 4. The fourth-order valence-electron chi connectivity index (χ4n) is 5.07. The molecule has 4 amide bonds. The number of aromatic nitrogens is 4. The van der Waals surface area contributed by atoms with Gasteiger partial charge in [0.05, 0.1) is 6.20 Å². The van der Waals surface area contributed by atoms with E-state index in [0.29, 0.717) is 11.2 Å². The molecule has 276 valence electrons. The standard InChI is InChI=1S/C31H30N10O9S3/c1-13-8-20(41-19(34-13)6-7-33-41)51-10-15-11-52-27-22(26(46)40(27)23(15)28(47)48)36-25(45)21(16-12-53-30(32)35-16)39-50-31(2,3)29(49)38-37-24(44)14-4-5-17(42)18(43)9-14/h4-9,12,22,27,42-43H,10-11H2,1-3H3,(H2,32,35)(H,36,45)(H,37,44)(H,38,49)(H,47,48)/t22?,27-/m1/s1. The number of phenols is 2. The molecule has 0 radical (unpaired) electrons. The van der Waals surface area contributed by atoms with Crippen LogP contribution in [0.2, 0.25) is 0 Å². The highest BCUT2D eigenvalue weighted by Gasteiger charge is 2.54. The first-order valence-electron chi connectivity index (χ1n) is 15.4. The van der Waals surface area contributed by atoms with Crippen LogP contribution in [0.5, 0.6) is 11.5 Å². The number of fused-ring (bicyclic) bond motifs is 2. The zero-order valence-electron chi connectivity index (χ0n) is 27.9. The van der Waals surface area contributed by atoms with Gasteiger partial charge in [0.15, 0.2) is 28.0 Å². The molecule has 1 fully saturated rings. The first kappa shape index (κ1) is 36.9. The van der Waals surface area contributed by atoms with Gasteiger partial charge in [-0.05, 0) is 50.6 Å². The highest BCUT2D eigenvalue weighted by molar-refractivity contribution is 8.01. The second kappa shape index (κ2) is 14.6. The van der Waals surface area contributed by atoms with E-state index in [-0.39, 0.29) is 33.6 Å². The van der Waals surface area contributed by atoms with Crippen molar-refractivity contribution in [1.82, 2.24) is 40.7 Å². The molecule has 1 unspecified atom stereocenters. The van der Waals surface area contributed by atoms with Gasteiger partial charge in [-0.1, -0.05) is 5.16 Å². The zero-order chi connectivity index (χ0) is 38.2. The van der Waals surface area contributed by atoms with Crippen LogP contribution in [0.15, 0.2) is 63.4 Å². The number of nitrogen functional groups attached to an aromatic ring is 1. The van der Waals surface area contributed by atoms with Crippen LogP contribution in [0.1, 0.15) is 35.6 Å². The van der Waals surface area contributed by atoms with Gasteiger partial charge in [-0.3, -0.25) is 34.9 Å². The summed E-state index contributed by atoms with van der Waals surface area (Å²) < 4.78 is 1.65. The molecule has 2 atom stereocenters. The smallest absolute Gasteiger partial charge is 0.352 e. The van der Waals surface area contributed by atoms with E-state index >= 15 is 0 Å². The topological polar surface area (TPSA) is 276 Å². The number of hydrazine groups is 1. The second-order valence-electron chi connectivity index (χ2n) is 12.0. The Kier molecular flexibility index (Phi) is 10.2. The fourth-order valence-corrected chi connectivity index (χ4v) is 8.18. The lowest BCUT2D eigenvalue weighted by Gasteiger charge is -2.49. The number of carbonyl (C=O) groups is 5. The summed E-state index contributed by atoms with van der Waals surface area (Å²) >= 11 is 3.64. The molecular formula is C31H30N10O9S3. The van der Waals surface area contributed by atoms with Crippen molar-refractivity contribution in [1.29, 1.82) is 0 Å². The molecule has 0 aliphatic carbocycles. The van der Waals surface area contributed by atoms with E-state index < -0.39 is 63.8 Å². The predicted molar refractivity (Wildman–Crippen MR) is 192 cm³/mol. The van der Waals surface area contributed by atoms with E-state index in [1.807, 2.05) is 13.0 Å². The molecule has 0 bridgehead atoms. The minimum absolute atomic E-state index is 0.0235. The number of amides is 4. The first-order chi connectivity index (χ1) is 25.1. The van der Waals surface area contributed by atoms with E-state index in [1.54, 1.807) is 16.8 Å². The molecule has 6 rings (SSSR count). The number of thiazole rings is 1. The Labute approximate surface area is 311 Å². The summed E-state index contributed by atoms with van der Waals surface area (Å²) in [6.07, 6.45) is 1.61. The largest absolute Gasteiger partial charge is 0.504 e. The highest BCUT2D eigenvalue weighted by atomic mass is 32.2. The number of carboxylic acid groups (broad SMARTS) is 1. The second-order valence-corrected chi connectivity index (χ2v) is 15.0. The summed E-state index contributed by atoms with van der Waals surface area (Å²) in [5, 5.41) is 41.5. The van der Waals surface area contributed by atoms with Crippen molar-refractivity contribution in [3.63, 3.8) is 0 Å². The molecule has 8 N–H and O–H groups in total. The maximum absolute atomic E-state index is 13.6. The minimum Gasteiger partial charge on any atom is -0.504 e. The quantitative estimate of drug-likeness (QED) is 0.0279. The number of hydrogen-bond donors (Lipinski definition) is 7. The Morgan fingerprint density at radius 1 is 1.13 bits per heavy atom. The fraction of sp³-hybridized carbons (Fsp3) is 0.258. The normalized spacial score (nSPS) is 17.2. The number of aliphatic carboxylic acids is 1. The molecule has 1 saturated heterocycles. The number of nitrogens with zero attached hydrogens (tertiary/aromatic N) is 6. The molecule has 19 nitrogen and oxygen atoms in total. The number of aryl methyl sites for hydroxylation is 1. The van der Waals surface area contributed by atoms with E-state index in [2.05, 4.69) is 36.4 Å². The molecule has 2 aliphatic heterocycles. The number of aromatic hydroxyl groups is 2. The van der Waals surface area contributed by atoms with E-state index in [9.17, 15) is 39.3 Å². The Hall–Kier alpha value is -5.87. The summed E-state index contributed by atoms with van der Waals surface area (Å²) in [6, 6.07) is 5.76. The SMILES string of the molecule is Cc1cc(SCC2=C(C(=O)O)N3C(=O)C(NC(=O)C(=NOC(C)(C)C(=O)NNC(=O)c4ccc(O)c(O)c4)c4csc(N)n4)[C@H]3SC2)n2nccc2n1. The number of nitrogens with two attached hydrogens (primary N) is 1. The number of carboxylic acids is 1. The molecule has 5 heterocycles. The van der Waals surface area contributed by atoms with E-state index in [1.165, 1.54) is 48.8 Å². The summed E-state index contributed by atoms with van der Waals surface area (Å²) in [7, 11) is 0. The van der Waals surface area contributed by atoms with Crippen LogP contribution >= 0.6 is 34.9 Å². The number of phenolic OH excluding ortho intramolecular Hbond substituents is 2. The number of rotatable bonds is 11. The lowest BCUT2D eigenvalue weighted by atomic mass is 10.0. The van der Waals surface area contributed by atoms with Crippen molar-refractivity contribution in [3.8, 4) is 11.5 Å². The minimum atomic E-state index is -1.80. The number of hydrogen-bond acceptors (Lipinski definition) is 16. The summed E-state index contributed by atoms with van der Waals surface area (Å²) in [5.41, 5.74) is 9.53. The highest BCUT2D eigenvalue weighted by Crippen LogP contribution is 2.41. The third kappa shape index (κ3) is 7.54. The van der Waals surface area contributed by atoms with Gasteiger partial charge in [-0.15, -0.1) is 34.9 Å². The number of anilines is 1. The van der Waals surface area contributed by atoms with Gasteiger partial charge >= 0.3 is 5.97 Å². The van der Waals surface area contributed by atoms with Gasteiger partial charge in [-0.2, -0.15) is 5.10 Å². The third-order valence-electron chi connectivity index (χ3n) is 7.80. The maximum atomic E-state index is 13.6. The number of oxime groups is 1. The lowest BCUT2D eigenvalue weighted by molar-refractivity contribution is -0.150. The summed E-state index contributed by atoms with van der Waals surface area (Å²) in [5.74, 6) is -5.03. The zero-order valence-corrected chi connectivity index (χ0v) is 30.3. The summed E-state index contributed by atoms with van der Waals surface area (Å²) in [6.45, 7) is 4.43. The van der Waals surface area contributed by atoms with E-state index in [0.717, 1.165) is 39.1 Å². The molecule has 4 aromatic rings. The monoisotopic (exact) mass is 782 g/mol. The van der Waals surface area contributed by atoms with Crippen LogP contribution < -0.4 is 21.9 Å². The van der Waals surface area contributed by atoms with Gasteiger partial charge in [-0.25, -0.2) is 19.3 Å². The van der Waals surface area contributed by atoms with Crippen molar-refractivity contribution in [2.75, 3.05) is 17.2 Å². The van der Waals surface area contributed by atoms with Crippen molar-refractivity contribution >= 4 is 80.9 Å². The Bertz CT molecular complexity index is 2230. The Morgan fingerprint density at radius 3 is 2.60 bits per heavy atom. The average Bonchev–Trinajstić information content (AvgIpc) is 3.77. The molecule has 1 aromatic carbocycles. The van der Waals surface area contributed by atoms with Gasteiger partial charge in [0, 0.05) is 34.2 Å². The molecule has 2 aliphatic rings. The molecule has 0 saturated carbocycles. The number of thioether (sulfide) groups is 2. The molecule has 3 aromatic heterocycles. The van der Waals surface area contributed by atoms with Crippen LogP contribution in [-0.2, 0) is 24.0 Å².